The Kier molecular flexibility index (Phi) is 6.17. The molecule has 1 saturated heterocycles. The molecule has 0 bridgehead atoms. The summed E-state index contributed by atoms with van der Waals surface area (Å²) in [6, 6.07) is 9.47. The molecule has 1 heterocycles. The monoisotopic (exact) mass is 354 g/mol. The first-order chi connectivity index (χ1) is 11.3. The summed E-state index contributed by atoms with van der Waals surface area (Å²) in [5.74, 6) is 0. The fourth-order valence-corrected chi connectivity index (χ4v) is 5.67. The molecule has 1 aromatic carbocycles. The van der Waals surface area contributed by atoms with Gasteiger partial charge in [-0.1, -0.05) is 24.3 Å². The van der Waals surface area contributed by atoms with E-state index >= 15 is 0 Å². The molecular formula is C16H23N2O3PS. The Morgan fingerprint density at radius 2 is 2.09 bits per heavy atom. The topological polar surface area (TPSA) is 43.3 Å². The van der Waals surface area contributed by atoms with Gasteiger partial charge in [-0.15, -0.1) is 0 Å². The summed E-state index contributed by atoms with van der Waals surface area (Å²) < 4.78 is 19.2. The third kappa shape index (κ3) is 4.18. The molecule has 0 aromatic heterocycles. The standard InChI is InChI=1S/C16H23N2O3PS/c1-3-20-22(21-4-2)23-18-11-12-19-16(18)17-15-10-9-13-7-5-6-8-14(13)15/h5-8,15H,3-4,9-12H2,1-2H3. The van der Waals surface area contributed by atoms with E-state index in [1.165, 1.54) is 11.1 Å². The van der Waals surface area contributed by atoms with Crippen molar-refractivity contribution >= 4 is 25.2 Å². The number of fused-ring (bicyclic) bond motifs is 1. The van der Waals surface area contributed by atoms with E-state index in [-0.39, 0.29) is 6.04 Å². The summed E-state index contributed by atoms with van der Waals surface area (Å²) in [6.07, 6.45) is 2.14. The molecule has 1 aliphatic carbocycles. The Morgan fingerprint density at radius 1 is 1.30 bits per heavy atom. The Morgan fingerprint density at radius 3 is 2.87 bits per heavy atom. The molecule has 1 unspecified atom stereocenters. The fraction of sp³-hybridized carbons (Fsp3) is 0.562. The van der Waals surface area contributed by atoms with Gasteiger partial charge in [0, 0.05) is 11.6 Å². The summed E-state index contributed by atoms with van der Waals surface area (Å²) in [7, 11) is -0.987. The van der Waals surface area contributed by atoms with Crippen molar-refractivity contribution in [2.24, 2.45) is 4.99 Å². The Balaban J connectivity index is 1.69. The first-order valence-corrected chi connectivity index (χ1v) is 10.7. The molecule has 0 saturated carbocycles. The molecule has 0 radical (unpaired) electrons. The predicted octanol–water partition coefficient (Wildman–Crippen LogP) is 4.31. The molecule has 2 aliphatic rings. The van der Waals surface area contributed by atoms with E-state index in [1.54, 1.807) is 11.6 Å². The molecule has 0 amide bonds. The van der Waals surface area contributed by atoms with Crippen LogP contribution in [-0.2, 0) is 20.2 Å². The molecule has 1 atom stereocenters. The minimum absolute atomic E-state index is 0.202. The van der Waals surface area contributed by atoms with E-state index in [0.29, 0.717) is 25.8 Å². The second kappa shape index (κ2) is 8.34. The lowest BCUT2D eigenvalue weighted by Gasteiger charge is -2.21. The van der Waals surface area contributed by atoms with Crippen molar-refractivity contribution in [3.8, 4) is 0 Å². The van der Waals surface area contributed by atoms with Crippen LogP contribution in [0.2, 0.25) is 0 Å². The van der Waals surface area contributed by atoms with Crippen LogP contribution in [0, 0.1) is 0 Å². The highest BCUT2D eigenvalue weighted by atomic mass is 32.7. The summed E-state index contributed by atoms with van der Waals surface area (Å²) in [6.45, 7) is 6.75. The maximum atomic E-state index is 5.75. The minimum atomic E-state index is -0.987. The maximum absolute atomic E-state index is 5.75. The number of benzene rings is 1. The second-order valence-electron chi connectivity index (χ2n) is 5.26. The third-order valence-corrected chi connectivity index (χ3v) is 6.97. The van der Waals surface area contributed by atoms with Gasteiger partial charge in [-0.2, -0.15) is 0 Å². The number of nitrogens with zero attached hydrogens (tertiary/aromatic N) is 2. The van der Waals surface area contributed by atoms with E-state index in [0.717, 1.165) is 19.4 Å². The molecule has 0 spiro atoms. The van der Waals surface area contributed by atoms with Gasteiger partial charge in [0.1, 0.15) is 6.61 Å². The zero-order chi connectivity index (χ0) is 16.1. The molecule has 1 aliphatic heterocycles. The van der Waals surface area contributed by atoms with Crippen LogP contribution in [0.3, 0.4) is 0 Å². The van der Waals surface area contributed by atoms with Crippen LogP contribution in [0.15, 0.2) is 29.3 Å². The van der Waals surface area contributed by atoms with Gasteiger partial charge in [-0.05, 0) is 37.8 Å². The molecule has 7 heteroatoms. The van der Waals surface area contributed by atoms with Gasteiger partial charge >= 0.3 is 0 Å². The fourth-order valence-electron chi connectivity index (χ4n) is 2.74. The van der Waals surface area contributed by atoms with Crippen molar-refractivity contribution in [1.82, 2.24) is 4.31 Å². The molecular weight excluding hydrogens is 331 g/mol. The van der Waals surface area contributed by atoms with Crippen molar-refractivity contribution in [3.63, 3.8) is 0 Å². The van der Waals surface area contributed by atoms with Crippen LogP contribution in [-0.4, -0.2) is 36.7 Å². The summed E-state index contributed by atoms with van der Waals surface area (Å²) in [4.78, 5) is 4.87. The van der Waals surface area contributed by atoms with Crippen molar-refractivity contribution in [2.45, 2.75) is 32.7 Å². The van der Waals surface area contributed by atoms with Crippen LogP contribution < -0.4 is 0 Å². The number of aliphatic imine (C=N–C) groups is 1. The zero-order valence-electron chi connectivity index (χ0n) is 13.6. The minimum Gasteiger partial charge on any atom is -0.463 e. The molecule has 3 rings (SSSR count). The van der Waals surface area contributed by atoms with Gasteiger partial charge < -0.3 is 13.8 Å². The highest BCUT2D eigenvalue weighted by Gasteiger charge is 2.29. The lowest BCUT2D eigenvalue weighted by molar-refractivity contribution is 0.282. The normalized spacial score (nSPS) is 22.0. The van der Waals surface area contributed by atoms with E-state index < -0.39 is 7.58 Å². The van der Waals surface area contributed by atoms with Gasteiger partial charge in [-0.3, -0.25) is 4.31 Å². The molecule has 5 nitrogen and oxygen atoms in total. The van der Waals surface area contributed by atoms with Crippen LogP contribution in [0.25, 0.3) is 0 Å². The van der Waals surface area contributed by atoms with Crippen molar-refractivity contribution in [2.75, 3.05) is 26.4 Å². The van der Waals surface area contributed by atoms with E-state index in [9.17, 15) is 0 Å². The van der Waals surface area contributed by atoms with Gasteiger partial charge in [0.25, 0.3) is 13.6 Å². The maximum Gasteiger partial charge on any atom is 0.298 e. The second-order valence-corrected chi connectivity index (χ2v) is 8.21. The lowest BCUT2D eigenvalue weighted by Crippen LogP contribution is -2.18. The van der Waals surface area contributed by atoms with Crippen LogP contribution in [0.5, 0.6) is 0 Å². The zero-order valence-corrected chi connectivity index (χ0v) is 15.3. The summed E-state index contributed by atoms with van der Waals surface area (Å²) in [5, 5.41) is 0. The van der Waals surface area contributed by atoms with Crippen molar-refractivity contribution in [1.29, 1.82) is 0 Å². The summed E-state index contributed by atoms with van der Waals surface area (Å²) in [5.41, 5.74) is 2.74. The number of amidine groups is 1. The number of ether oxygens (including phenoxy) is 1. The number of aryl methyl sites for hydroxylation is 1. The van der Waals surface area contributed by atoms with E-state index in [4.69, 9.17) is 18.8 Å². The quantitative estimate of drug-likeness (QED) is 0.539. The van der Waals surface area contributed by atoms with Gasteiger partial charge in [0.05, 0.1) is 25.8 Å². The molecule has 23 heavy (non-hydrogen) atoms. The lowest BCUT2D eigenvalue weighted by atomic mass is 10.1. The largest absolute Gasteiger partial charge is 0.463 e. The Labute approximate surface area is 143 Å². The van der Waals surface area contributed by atoms with Gasteiger partial charge in [0.15, 0.2) is 0 Å². The Hall–Kier alpha value is -0.810. The van der Waals surface area contributed by atoms with Gasteiger partial charge in [-0.25, -0.2) is 4.99 Å². The average molecular weight is 354 g/mol. The highest BCUT2D eigenvalue weighted by Crippen LogP contribution is 2.54. The van der Waals surface area contributed by atoms with Crippen LogP contribution in [0.1, 0.15) is 37.4 Å². The van der Waals surface area contributed by atoms with Crippen LogP contribution in [0.4, 0.5) is 0 Å². The smallest absolute Gasteiger partial charge is 0.298 e. The highest BCUT2D eigenvalue weighted by molar-refractivity contribution is 8.51. The van der Waals surface area contributed by atoms with E-state index in [1.807, 2.05) is 13.8 Å². The average Bonchev–Trinajstić information content (AvgIpc) is 3.16. The first-order valence-electron chi connectivity index (χ1n) is 8.11. The first kappa shape index (κ1) is 17.0. The van der Waals surface area contributed by atoms with Crippen molar-refractivity contribution in [3.05, 3.63) is 35.4 Å². The molecule has 126 valence electrons. The van der Waals surface area contributed by atoms with Gasteiger partial charge in [0.2, 0.25) is 0 Å². The summed E-state index contributed by atoms with van der Waals surface area (Å²) >= 11 is 1.57. The van der Waals surface area contributed by atoms with E-state index in [2.05, 4.69) is 28.6 Å². The molecule has 1 aromatic rings. The number of rotatable bonds is 7. The number of hydrogen-bond acceptors (Lipinski definition) is 5. The predicted molar refractivity (Wildman–Crippen MR) is 95.4 cm³/mol. The molecule has 1 fully saturated rings. The van der Waals surface area contributed by atoms with Crippen LogP contribution >= 0.6 is 19.1 Å². The third-order valence-electron chi connectivity index (χ3n) is 3.74. The SMILES string of the molecule is CCOP(OCC)SN1CCOC1=NC1CCc2ccccc21. The Bertz CT molecular complexity index is 552. The van der Waals surface area contributed by atoms with Crippen molar-refractivity contribution < 1.29 is 13.8 Å². The molecule has 0 N–H and O–H groups in total. The number of hydrogen-bond donors (Lipinski definition) is 0.